The van der Waals surface area contributed by atoms with E-state index < -0.39 is 11.7 Å². The van der Waals surface area contributed by atoms with E-state index in [4.69, 9.17) is 5.84 Å². The van der Waals surface area contributed by atoms with Gasteiger partial charge in [0.15, 0.2) is 5.82 Å². The molecule has 0 amide bonds. The van der Waals surface area contributed by atoms with Crippen molar-refractivity contribution in [3.63, 3.8) is 0 Å². The number of benzene rings is 3. The minimum absolute atomic E-state index is 0.0783. The van der Waals surface area contributed by atoms with Crippen molar-refractivity contribution in [3.05, 3.63) is 102 Å². The third-order valence-electron chi connectivity index (χ3n) is 4.79. The van der Waals surface area contributed by atoms with Crippen LogP contribution in [0.25, 0.3) is 22.5 Å². The van der Waals surface area contributed by atoms with Crippen LogP contribution in [0.15, 0.2) is 90.0 Å². The zero-order valence-corrected chi connectivity index (χ0v) is 16.6. The van der Waals surface area contributed by atoms with Crippen LogP contribution in [0.4, 0.5) is 13.2 Å². The van der Waals surface area contributed by atoms with Gasteiger partial charge in [0.1, 0.15) is 11.5 Å². The summed E-state index contributed by atoms with van der Waals surface area (Å²) in [5.41, 5.74) is 2.37. The number of nitrogens with two attached hydrogens (primary N) is 1. The quantitative estimate of drug-likeness (QED) is 0.261. The highest BCUT2D eigenvalue weighted by molar-refractivity contribution is 6.10. The highest BCUT2D eigenvalue weighted by atomic mass is 19.4. The Labute approximate surface area is 181 Å². The Hall–Kier alpha value is -4.20. The fourth-order valence-corrected chi connectivity index (χ4v) is 3.17. The van der Waals surface area contributed by atoms with Crippen LogP contribution in [-0.2, 0) is 6.18 Å². The minimum Gasteiger partial charge on any atom is -0.508 e. The van der Waals surface area contributed by atoms with Crippen LogP contribution >= 0.6 is 0 Å². The number of phenols is 1. The maximum absolute atomic E-state index is 13.0. The van der Waals surface area contributed by atoms with Gasteiger partial charge in [0.2, 0.25) is 0 Å². The molecule has 0 atom stereocenters. The molecule has 4 aromatic rings. The van der Waals surface area contributed by atoms with Crippen molar-refractivity contribution in [3.8, 4) is 28.3 Å². The Morgan fingerprint density at radius 1 is 0.781 bits per heavy atom. The smallest absolute Gasteiger partial charge is 0.416 e. The average molecular weight is 434 g/mol. The molecule has 0 saturated carbocycles. The first-order valence-electron chi connectivity index (χ1n) is 9.55. The lowest BCUT2D eigenvalue weighted by Gasteiger charge is -2.12. The summed E-state index contributed by atoms with van der Waals surface area (Å²) in [4.78, 5) is 9.12. The predicted molar refractivity (Wildman–Crippen MR) is 116 cm³/mol. The average Bonchev–Trinajstić information content (AvgIpc) is 2.81. The second kappa shape index (κ2) is 8.50. The van der Waals surface area contributed by atoms with Gasteiger partial charge in [0.25, 0.3) is 0 Å². The minimum atomic E-state index is -4.43. The largest absolute Gasteiger partial charge is 0.508 e. The molecule has 0 saturated heterocycles. The molecular weight excluding hydrogens is 417 g/mol. The Bertz CT molecular complexity index is 1250. The fraction of sp³-hybridized carbons (Fsp3) is 0.0417. The van der Waals surface area contributed by atoms with Gasteiger partial charge in [-0.1, -0.05) is 42.5 Å². The summed E-state index contributed by atoms with van der Waals surface area (Å²) in [5, 5.41) is 13.4. The molecule has 3 aromatic carbocycles. The summed E-state index contributed by atoms with van der Waals surface area (Å²) in [7, 11) is 0. The second-order valence-corrected chi connectivity index (χ2v) is 6.93. The lowest BCUT2D eigenvalue weighted by Crippen LogP contribution is -2.12. The maximum Gasteiger partial charge on any atom is 0.416 e. The summed E-state index contributed by atoms with van der Waals surface area (Å²) < 4.78 is 38.9. The van der Waals surface area contributed by atoms with Crippen molar-refractivity contribution in [1.82, 2.24) is 9.97 Å². The molecule has 32 heavy (non-hydrogen) atoms. The molecule has 1 aromatic heterocycles. The van der Waals surface area contributed by atoms with Gasteiger partial charge in [-0.05, 0) is 42.5 Å². The lowest BCUT2D eigenvalue weighted by atomic mass is 10.0. The SMILES string of the molecule is N/N=C(\c1ccc(O)cc1)c1nc(-c2ccccc2)cc(-c2ccc(C(F)(F)F)cc2)n1. The number of alkyl halides is 3. The number of halogens is 3. The van der Waals surface area contributed by atoms with E-state index in [0.29, 0.717) is 22.5 Å². The standard InChI is InChI=1S/C24H17F3N4O/c25-24(26,27)18-10-6-16(7-11-18)21-14-20(15-4-2-1-3-5-15)29-23(30-21)22(31-28)17-8-12-19(32)13-9-17/h1-14,32H,28H2/b31-22+. The van der Waals surface area contributed by atoms with E-state index >= 15 is 0 Å². The van der Waals surface area contributed by atoms with Crippen molar-refractivity contribution in [2.45, 2.75) is 6.18 Å². The van der Waals surface area contributed by atoms with Crippen LogP contribution in [0.1, 0.15) is 17.0 Å². The van der Waals surface area contributed by atoms with Crippen LogP contribution in [0.2, 0.25) is 0 Å². The molecule has 0 aliphatic rings. The second-order valence-electron chi connectivity index (χ2n) is 6.93. The third kappa shape index (κ3) is 4.44. The van der Waals surface area contributed by atoms with Gasteiger partial charge in [0, 0.05) is 16.7 Å². The van der Waals surface area contributed by atoms with Crippen molar-refractivity contribution < 1.29 is 18.3 Å². The Morgan fingerprint density at radius 2 is 1.34 bits per heavy atom. The highest BCUT2D eigenvalue weighted by Gasteiger charge is 2.30. The van der Waals surface area contributed by atoms with E-state index in [0.717, 1.165) is 17.7 Å². The molecule has 0 spiro atoms. The Balaban J connectivity index is 1.86. The van der Waals surface area contributed by atoms with E-state index in [-0.39, 0.29) is 17.3 Å². The van der Waals surface area contributed by atoms with E-state index in [1.165, 1.54) is 24.3 Å². The Kier molecular flexibility index (Phi) is 5.59. The van der Waals surface area contributed by atoms with Gasteiger partial charge in [-0.25, -0.2) is 9.97 Å². The molecule has 4 rings (SSSR count). The first-order chi connectivity index (χ1) is 15.3. The monoisotopic (exact) mass is 434 g/mol. The highest BCUT2D eigenvalue weighted by Crippen LogP contribution is 2.31. The third-order valence-corrected chi connectivity index (χ3v) is 4.79. The van der Waals surface area contributed by atoms with Gasteiger partial charge in [-0.2, -0.15) is 18.3 Å². The number of nitrogens with zero attached hydrogens (tertiary/aromatic N) is 3. The molecule has 0 unspecified atom stereocenters. The van der Waals surface area contributed by atoms with Gasteiger partial charge in [0.05, 0.1) is 17.0 Å². The molecule has 8 heteroatoms. The summed E-state index contributed by atoms with van der Waals surface area (Å²) in [6.07, 6.45) is -4.43. The molecule has 0 radical (unpaired) electrons. The Morgan fingerprint density at radius 3 is 1.88 bits per heavy atom. The molecule has 0 fully saturated rings. The molecule has 1 heterocycles. The lowest BCUT2D eigenvalue weighted by molar-refractivity contribution is -0.137. The number of hydrazone groups is 1. The van der Waals surface area contributed by atoms with Crippen LogP contribution < -0.4 is 5.84 Å². The maximum atomic E-state index is 13.0. The summed E-state index contributed by atoms with van der Waals surface area (Å²) in [6.45, 7) is 0. The van der Waals surface area contributed by atoms with Crippen LogP contribution in [0, 0.1) is 0 Å². The number of rotatable bonds is 4. The number of aromatic nitrogens is 2. The van der Waals surface area contributed by atoms with Crippen molar-refractivity contribution in [2.75, 3.05) is 0 Å². The first-order valence-corrected chi connectivity index (χ1v) is 9.55. The summed E-state index contributed by atoms with van der Waals surface area (Å²) in [6, 6.07) is 22.0. The van der Waals surface area contributed by atoms with E-state index in [1.807, 2.05) is 30.3 Å². The number of phenolic OH excluding ortho intramolecular Hbond substituents is 1. The van der Waals surface area contributed by atoms with Crippen LogP contribution in [0.5, 0.6) is 5.75 Å². The van der Waals surface area contributed by atoms with E-state index in [9.17, 15) is 18.3 Å². The molecular formula is C24H17F3N4O. The normalized spacial score (nSPS) is 12.0. The molecule has 160 valence electrons. The molecule has 0 aliphatic heterocycles. The van der Waals surface area contributed by atoms with E-state index in [1.54, 1.807) is 18.2 Å². The summed E-state index contributed by atoms with van der Waals surface area (Å²) in [5.74, 6) is 5.92. The molecule has 0 aliphatic carbocycles. The first kappa shape index (κ1) is 21.0. The number of aromatic hydroxyl groups is 1. The zero-order valence-electron chi connectivity index (χ0n) is 16.6. The molecule has 0 bridgehead atoms. The molecule has 5 nitrogen and oxygen atoms in total. The topological polar surface area (TPSA) is 84.4 Å². The van der Waals surface area contributed by atoms with Gasteiger partial charge in [-0.3, -0.25) is 0 Å². The zero-order chi connectivity index (χ0) is 22.7. The van der Waals surface area contributed by atoms with Gasteiger partial charge >= 0.3 is 6.18 Å². The van der Waals surface area contributed by atoms with Crippen molar-refractivity contribution in [1.29, 1.82) is 0 Å². The van der Waals surface area contributed by atoms with Gasteiger partial charge < -0.3 is 10.9 Å². The predicted octanol–water partition coefficient (Wildman–Crippen LogP) is 5.25. The fourth-order valence-electron chi connectivity index (χ4n) is 3.17. The van der Waals surface area contributed by atoms with E-state index in [2.05, 4.69) is 15.1 Å². The van der Waals surface area contributed by atoms with Gasteiger partial charge in [-0.15, -0.1) is 0 Å². The number of hydrogen-bond donors (Lipinski definition) is 2. The van der Waals surface area contributed by atoms with Crippen LogP contribution in [0.3, 0.4) is 0 Å². The van der Waals surface area contributed by atoms with Crippen LogP contribution in [-0.4, -0.2) is 20.8 Å². The molecule has 3 N–H and O–H groups in total. The van der Waals surface area contributed by atoms with Crippen molar-refractivity contribution in [2.24, 2.45) is 10.9 Å². The summed E-state index contributed by atoms with van der Waals surface area (Å²) >= 11 is 0. The number of hydrogen-bond acceptors (Lipinski definition) is 5. The van der Waals surface area contributed by atoms with Crippen molar-refractivity contribution >= 4 is 5.71 Å².